The number of nitrogens with zero attached hydrogens (tertiary/aromatic N) is 1. The highest BCUT2D eigenvalue weighted by Gasteiger charge is 2.14. The summed E-state index contributed by atoms with van der Waals surface area (Å²) in [4.78, 5) is 23.9. The highest BCUT2D eigenvalue weighted by Crippen LogP contribution is 2.29. The Morgan fingerprint density at radius 1 is 1.03 bits per heavy atom. The maximum atomic E-state index is 13.2. The van der Waals surface area contributed by atoms with Gasteiger partial charge < -0.3 is 14.8 Å². The van der Waals surface area contributed by atoms with Crippen LogP contribution in [0.4, 0.5) is 10.1 Å². The lowest BCUT2D eigenvalue weighted by Gasteiger charge is -2.13. The Kier molecular flexibility index (Phi) is 8.59. The molecule has 176 valence electrons. The Bertz CT molecular complexity index is 1220. The Labute approximate surface area is 201 Å². The van der Waals surface area contributed by atoms with Crippen molar-refractivity contribution in [3.8, 4) is 11.5 Å². The van der Waals surface area contributed by atoms with Crippen molar-refractivity contribution in [2.75, 3.05) is 11.9 Å². The van der Waals surface area contributed by atoms with Gasteiger partial charge in [0, 0.05) is 5.69 Å². The van der Waals surface area contributed by atoms with Crippen molar-refractivity contribution in [3.63, 3.8) is 0 Å². The third kappa shape index (κ3) is 7.05. The van der Waals surface area contributed by atoms with Crippen molar-refractivity contribution < 1.29 is 23.5 Å². The SMILES string of the molecule is CCOc1cc(/C=N/NC(=O)C(=O)Nc2ccc(F)c(Cl)c2)ccc1OCc1cccc(C)c1. The van der Waals surface area contributed by atoms with Crippen LogP contribution in [-0.2, 0) is 16.2 Å². The number of benzene rings is 3. The minimum atomic E-state index is -1.00. The first-order valence-electron chi connectivity index (χ1n) is 10.4. The average Bonchev–Trinajstić information content (AvgIpc) is 2.81. The number of carbonyl (C=O) groups excluding carboxylic acids is 2. The van der Waals surface area contributed by atoms with E-state index >= 15 is 0 Å². The van der Waals surface area contributed by atoms with E-state index in [-0.39, 0.29) is 10.7 Å². The molecule has 0 aromatic heterocycles. The van der Waals surface area contributed by atoms with Gasteiger partial charge >= 0.3 is 11.8 Å². The third-order valence-corrected chi connectivity index (χ3v) is 4.80. The molecule has 2 N–H and O–H groups in total. The number of carbonyl (C=O) groups is 2. The summed E-state index contributed by atoms with van der Waals surface area (Å²) in [6.07, 6.45) is 1.37. The summed E-state index contributed by atoms with van der Waals surface area (Å²) in [6.45, 7) is 4.70. The number of aryl methyl sites for hydroxylation is 1. The first kappa shape index (κ1) is 24.7. The van der Waals surface area contributed by atoms with Crippen LogP contribution >= 0.6 is 11.6 Å². The number of amides is 2. The van der Waals surface area contributed by atoms with E-state index in [1.54, 1.807) is 18.2 Å². The number of anilines is 1. The quantitative estimate of drug-likeness (QED) is 0.272. The van der Waals surface area contributed by atoms with Gasteiger partial charge in [0.2, 0.25) is 0 Å². The highest BCUT2D eigenvalue weighted by atomic mass is 35.5. The molecule has 0 unspecified atom stereocenters. The molecule has 3 aromatic rings. The Morgan fingerprint density at radius 2 is 1.85 bits per heavy atom. The second-order valence-corrected chi connectivity index (χ2v) is 7.61. The molecule has 0 aliphatic rings. The van der Waals surface area contributed by atoms with E-state index in [2.05, 4.69) is 15.8 Å². The van der Waals surface area contributed by atoms with Gasteiger partial charge in [0.15, 0.2) is 11.5 Å². The first-order valence-corrected chi connectivity index (χ1v) is 10.8. The number of nitrogens with one attached hydrogen (secondary N) is 2. The fourth-order valence-corrected chi connectivity index (χ4v) is 3.11. The molecule has 0 radical (unpaired) electrons. The van der Waals surface area contributed by atoms with E-state index in [4.69, 9.17) is 21.1 Å². The van der Waals surface area contributed by atoms with Gasteiger partial charge in [-0.25, -0.2) is 9.82 Å². The van der Waals surface area contributed by atoms with E-state index in [1.807, 2.05) is 38.1 Å². The van der Waals surface area contributed by atoms with Gasteiger partial charge in [-0.05, 0) is 61.4 Å². The second-order valence-electron chi connectivity index (χ2n) is 7.20. The molecule has 0 spiro atoms. The maximum Gasteiger partial charge on any atom is 0.329 e. The lowest BCUT2D eigenvalue weighted by atomic mass is 10.1. The van der Waals surface area contributed by atoms with Crippen LogP contribution in [0, 0.1) is 12.7 Å². The van der Waals surface area contributed by atoms with Crippen LogP contribution in [0.5, 0.6) is 11.5 Å². The Morgan fingerprint density at radius 3 is 2.59 bits per heavy atom. The smallest absolute Gasteiger partial charge is 0.329 e. The lowest BCUT2D eigenvalue weighted by molar-refractivity contribution is -0.136. The van der Waals surface area contributed by atoms with E-state index < -0.39 is 17.6 Å². The Hall–Kier alpha value is -3.91. The normalized spacial score (nSPS) is 10.7. The standard InChI is InChI=1S/C25H23ClFN3O4/c1-3-33-23-12-17(7-10-22(23)34-15-18-6-4-5-16(2)11-18)14-28-30-25(32)24(31)29-19-8-9-21(27)20(26)13-19/h4-14H,3,15H2,1-2H3,(H,29,31)(H,30,32)/b28-14+. The van der Waals surface area contributed by atoms with Gasteiger partial charge in [-0.2, -0.15) is 5.10 Å². The number of hydrogen-bond acceptors (Lipinski definition) is 5. The van der Waals surface area contributed by atoms with Crippen LogP contribution in [0.15, 0.2) is 65.8 Å². The molecule has 0 saturated heterocycles. The van der Waals surface area contributed by atoms with Crippen LogP contribution in [0.2, 0.25) is 5.02 Å². The minimum absolute atomic E-state index is 0.173. The van der Waals surface area contributed by atoms with E-state index in [0.29, 0.717) is 30.3 Å². The Balaban J connectivity index is 1.59. The van der Waals surface area contributed by atoms with Crippen molar-refractivity contribution in [2.45, 2.75) is 20.5 Å². The van der Waals surface area contributed by atoms with Crippen LogP contribution in [-0.4, -0.2) is 24.6 Å². The van der Waals surface area contributed by atoms with Gasteiger partial charge in [-0.3, -0.25) is 9.59 Å². The molecule has 0 atom stereocenters. The molecule has 0 heterocycles. The average molecular weight is 484 g/mol. The summed E-state index contributed by atoms with van der Waals surface area (Å²) >= 11 is 5.66. The van der Waals surface area contributed by atoms with Gasteiger partial charge in [-0.1, -0.05) is 41.4 Å². The molecule has 0 saturated carbocycles. The monoisotopic (exact) mass is 483 g/mol. The van der Waals surface area contributed by atoms with E-state index in [0.717, 1.165) is 17.2 Å². The first-order chi connectivity index (χ1) is 16.4. The predicted octanol–water partition coefficient (Wildman–Crippen LogP) is 4.85. The number of hydrazone groups is 1. The molecule has 2 amide bonds. The molecule has 7 nitrogen and oxygen atoms in total. The molecule has 0 aliphatic heterocycles. The number of ether oxygens (including phenoxy) is 2. The predicted molar refractivity (Wildman–Crippen MR) is 129 cm³/mol. The van der Waals surface area contributed by atoms with E-state index in [9.17, 15) is 14.0 Å². The fraction of sp³-hybridized carbons (Fsp3) is 0.160. The molecule has 0 fully saturated rings. The molecule has 9 heteroatoms. The van der Waals surface area contributed by atoms with Gasteiger partial charge in [0.1, 0.15) is 12.4 Å². The summed E-state index contributed by atoms with van der Waals surface area (Å²) in [6, 6.07) is 16.8. The van der Waals surface area contributed by atoms with Crippen LogP contribution in [0.1, 0.15) is 23.6 Å². The van der Waals surface area contributed by atoms with Crippen molar-refractivity contribution >= 4 is 35.3 Å². The van der Waals surface area contributed by atoms with Crippen molar-refractivity contribution in [2.24, 2.45) is 5.10 Å². The maximum absolute atomic E-state index is 13.2. The highest BCUT2D eigenvalue weighted by molar-refractivity contribution is 6.39. The summed E-state index contributed by atoms with van der Waals surface area (Å²) in [5.74, 6) is -1.51. The molecule has 3 rings (SSSR count). The van der Waals surface area contributed by atoms with Crippen LogP contribution in [0.25, 0.3) is 0 Å². The number of rotatable bonds is 8. The summed E-state index contributed by atoms with van der Waals surface area (Å²) < 4.78 is 24.8. The molecule has 0 bridgehead atoms. The van der Waals surface area contributed by atoms with Gasteiger partial charge in [0.05, 0.1) is 17.8 Å². The summed E-state index contributed by atoms with van der Waals surface area (Å²) in [7, 11) is 0. The molecule has 0 aliphatic carbocycles. The number of halogens is 2. The fourth-order valence-electron chi connectivity index (χ4n) is 2.93. The minimum Gasteiger partial charge on any atom is -0.490 e. The third-order valence-electron chi connectivity index (χ3n) is 4.51. The number of hydrogen-bond donors (Lipinski definition) is 2. The van der Waals surface area contributed by atoms with Crippen LogP contribution in [0.3, 0.4) is 0 Å². The van der Waals surface area contributed by atoms with Crippen molar-refractivity contribution in [1.29, 1.82) is 0 Å². The van der Waals surface area contributed by atoms with E-state index in [1.165, 1.54) is 18.3 Å². The summed E-state index contributed by atoms with van der Waals surface area (Å²) in [5, 5.41) is 5.94. The molecule has 3 aromatic carbocycles. The van der Waals surface area contributed by atoms with Crippen LogP contribution < -0.4 is 20.2 Å². The zero-order chi connectivity index (χ0) is 24.5. The molecule has 34 heavy (non-hydrogen) atoms. The molecular weight excluding hydrogens is 461 g/mol. The van der Waals surface area contributed by atoms with Crippen molar-refractivity contribution in [3.05, 3.63) is 88.2 Å². The largest absolute Gasteiger partial charge is 0.490 e. The van der Waals surface area contributed by atoms with Gasteiger partial charge in [0.25, 0.3) is 0 Å². The van der Waals surface area contributed by atoms with Crippen molar-refractivity contribution in [1.82, 2.24) is 5.43 Å². The van der Waals surface area contributed by atoms with Gasteiger partial charge in [-0.15, -0.1) is 0 Å². The zero-order valence-corrected chi connectivity index (χ0v) is 19.4. The summed E-state index contributed by atoms with van der Waals surface area (Å²) in [5.41, 5.74) is 5.12. The second kappa shape index (κ2) is 11.8. The lowest BCUT2D eigenvalue weighted by Crippen LogP contribution is -2.32. The zero-order valence-electron chi connectivity index (χ0n) is 18.6. The molecular formula is C25H23ClFN3O4. The topological polar surface area (TPSA) is 89.0 Å².